The lowest BCUT2D eigenvalue weighted by Crippen LogP contribution is -2.29. The Balaban J connectivity index is 1.52. The summed E-state index contributed by atoms with van der Waals surface area (Å²) >= 11 is 6.66. The molecule has 30 heavy (non-hydrogen) atoms. The van der Waals surface area contributed by atoms with Crippen molar-refractivity contribution >= 4 is 50.6 Å². The smallest absolute Gasteiger partial charge is 0.153 e. The highest BCUT2D eigenvalue weighted by atomic mass is 35.5. The second-order valence-electron chi connectivity index (χ2n) is 7.59. The standard InChI is InChI=1S/C21H21ClFN7/c1-24-13-3-4-30(10-13)15-7-16(22)19-18(8-15)25-11-26-21(19)27-14-5-12-9-29(2)28-20(12)17(23)6-14/h5-9,11,13,24H,3-4,10H2,1-2H3,(H,25,26,27)/t13-/m0/s1. The van der Waals surface area contributed by atoms with Gasteiger partial charge in [-0.05, 0) is 37.7 Å². The number of nitrogens with one attached hydrogen (secondary N) is 2. The summed E-state index contributed by atoms with van der Waals surface area (Å²) in [4.78, 5) is 11.1. The maximum atomic E-state index is 14.5. The normalized spacial score (nSPS) is 16.7. The fraction of sp³-hybridized carbons (Fsp3) is 0.286. The Bertz CT molecular complexity index is 1260. The SMILES string of the molecule is CN[C@H]1CCN(c2cc(Cl)c3c(Nc4cc(F)c5nn(C)cc5c4)ncnc3c2)C1. The molecule has 154 valence electrons. The van der Waals surface area contributed by atoms with Gasteiger partial charge in [-0.25, -0.2) is 14.4 Å². The topological polar surface area (TPSA) is 70.9 Å². The van der Waals surface area contributed by atoms with E-state index < -0.39 is 5.82 Å². The van der Waals surface area contributed by atoms with E-state index in [1.54, 1.807) is 17.9 Å². The van der Waals surface area contributed by atoms with Gasteiger partial charge in [-0.15, -0.1) is 0 Å². The molecule has 0 saturated carbocycles. The summed E-state index contributed by atoms with van der Waals surface area (Å²) in [6.45, 7) is 1.90. The summed E-state index contributed by atoms with van der Waals surface area (Å²) < 4.78 is 16.0. The number of benzene rings is 2. The summed E-state index contributed by atoms with van der Waals surface area (Å²) in [6, 6.07) is 7.69. The molecule has 2 N–H and O–H groups in total. The molecule has 9 heteroatoms. The van der Waals surface area contributed by atoms with Crippen molar-refractivity contribution in [2.24, 2.45) is 7.05 Å². The van der Waals surface area contributed by atoms with E-state index in [-0.39, 0.29) is 0 Å². The maximum Gasteiger partial charge on any atom is 0.153 e. The van der Waals surface area contributed by atoms with Gasteiger partial charge in [-0.2, -0.15) is 5.10 Å². The average molecular weight is 426 g/mol. The lowest BCUT2D eigenvalue weighted by atomic mass is 10.2. The van der Waals surface area contributed by atoms with Crippen molar-refractivity contribution in [1.82, 2.24) is 25.1 Å². The number of fused-ring (bicyclic) bond motifs is 2. The quantitative estimate of drug-likeness (QED) is 0.517. The molecule has 5 rings (SSSR count). The molecule has 0 spiro atoms. The summed E-state index contributed by atoms with van der Waals surface area (Å²) in [6.07, 6.45) is 4.35. The molecule has 0 aliphatic carbocycles. The van der Waals surface area contributed by atoms with Gasteiger partial charge in [-0.3, -0.25) is 4.68 Å². The van der Waals surface area contributed by atoms with E-state index in [9.17, 15) is 4.39 Å². The van der Waals surface area contributed by atoms with Crippen LogP contribution in [0.5, 0.6) is 0 Å². The number of anilines is 3. The Morgan fingerprint density at radius 1 is 1.20 bits per heavy atom. The van der Waals surface area contributed by atoms with Gasteiger partial charge in [0, 0.05) is 49.1 Å². The Hall–Kier alpha value is -2.97. The zero-order valence-corrected chi connectivity index (χ0v) is 17.4. The van der Waals surface area contributed by atoms with Crippen LogP contribution in [0.2, 0.25) is 5.02 Å². The molecule has 4 aromatic rings. The largest absolute Gasteiger partial charge is 0.370 e. The molecule has 1 aliphatic heterocycles. The van der Waals surface area contributed by atoms with E-state index in [0.29, 0.717) is 38.9 Å². The number of rotatable bonds is 4. The first-order valence-electron chi connectivity index (χ1n) is 9.78. The van der Waals surface area contributed by atoms with Crippen LogP contribution in [-0.2, 0) is 7.05 Å². The van der Waals surface area contributed by atoms with Gasteiger partial charge >= 0.3 is 0 Å². The lowest BCUT2D eigenvalue weighted by molar-refractivity contribution is 0.617. The first-order valence-corrected chi connectivity index (χ1v) is 10.2. The molecule has 7 nitrogen and oxygen atoms in total. The second-order valence-corrected chi connectivity index (χ2v) is 8.00. The second kappa shape index (κ2) is 7.37. The van der Waals surface area contributed by atoms with Crippen molar-refractivity contribution in [3.8, 4) is 0 Å². The summed E-state index contributed by atoms with van der Waals surface area (Å²) in [5.41, 5.74) is 2.69. The van der Waals surface area contributed by atoms with Crippen LogP contribution in [0.3, 0.4) is 0 Å². The van der Waals surface area contributed by atoms with Crippen molar-refractivity contribution in [2.45, 2.75) is 12.5 Å². The van der Waals surface area contributed by atoms with Crippen molar-refractivity contribution in [1.29, 1.82) is 0 Å². The highest BCUT2D eigenvalue weighted by molar-refractivity contribution is 6.36. The molecule has 3 heterocycles. The molecule has 0 amide bonds. The van der Waals surface area contributed by atoms with E-state index in [2.05, 4.69) is 30.6 Å². The van der Waals surface area contributed by atoms with E-state index in [1.165, 1.54) is 12.4 Å². The highest BCUT2D eigenvalue weighted by Crippen LogP contribution is 2.35. The van der Waals surface area contributed by atoms with Gasteiger partial charge in [0.2, 0.25) is 0 Å². The molecule has 0 radical (unpaired) electrons. The minimum Gasteiger partial charge on any atom is -0.370 e. The number of nitrogens with zero attached hydrogens (tertiary/aromatic N) is 5. The van der Waals surface area contributed by atoms with Crippen molar-refractivity contribution in [2.75, 3.05) is 30.4 Å². The van der Waals surface area contributed by atoms with Crippen molar-refractivity contribution in [3.63, 3.8) is 0 Å². The van der Waals surface area contributed by atoms with Gasteiger partial charge in [0.15, 0.2) is 5.82 Å². The summed E-state index contributed by atoms with van der Waals surface area (Å²) in [7, 11) is 3.75. The van der Waals surface area contributed by atoms with Gasteiger partial charge in [-0.1, -0.05) is 11.6 Å². The average Bonchev–Trinajstić information content (AvgIpc) is 3.34. The predicted octanol–water partition coefficient (Wildman–Crippen LogP) is 3.85. The number of aryl methyl sites for hydroxylation is 1. The van der Waals surface area contributed by atoms with Crippen molar-refractivity contribution in [3.05, 3.63) is 47.6 Å². The van der Waals surface area contributed by atoms with E-state index >= 15 is 0 Å². The maximum absolute atomic E-state index is 14.5. The third-order valence-electron chi connectivity index (χ3n) is 5.58. The number of likely N-dealkylation sites (N-methyl/N-ethyl adjacent to an activating group) is 1. The third kappa shape index (κ3) is 3.32. The van der Waals surface area contributed by atoms with Crippen LogP contribution in [0.4, 0.5) is 21.6 Å². The van der Waals surface area contributed by atoms with Crippen LogP contribution in [0, 0.1) is 5.82 Å². The molecule has 0 bridgehead atoms. The third-order valence-corrected chi connectivity index (χ3v) is 5.87. The minimum atomic E-state index is -0.393. The Morgan fingerprint density at radius 2 is 2.07 bits per heavy atom. The van der Waals surface area contributed by atoms with Gasteiger partial charge in [0.1, 0.15) is 17.7 Å². The monoisotopic (exact) mass is 425 g/mol. The Labute approximate surface area is 177 Å². The molecule has 2 aromatic carbocycles. The molecular weight excluding hydrogens is 405 g/mol. The Kier molecular flexibility index (Phi) is 4.67. The summed E-state index contributed by atoms with van der Waals surface area (Å²) in [5, 5.41) is 12.6. The van der Waals surface area contributed by atoms with Crippen LogP contribution >= 0.6 is 11.6 Å². The minimum absolute atomic E-state index is 0.337. The zero-order chi connectivity index (χ0) is 20.8. The van der Waals surface area contributed by atoms with Crippen LogP contribution in [0.1, 0.15) is 6.42 Å². The fourth-order valence-electron chi connectivity index (χ4n) is 4.06. The molecule has 1 saturated heterocycles. The van der Waals surface area contributed by atoms with Crippen molar-refractivity contribution < 1.29 is 4.39 Å². The van der Waals surface area contributed by atoms with E-state index in [1.807, 2.05) is 25.2 Å². The fourth-order valence-corrected chi connectivity index (χ4v) is 4.35. The first-order chi connectivity index (χ1) is 14.5. The predicted molar refractivity (Wildman–Crippen MR) is 118 cm³/mol. The molecule has 0 unspecified atom stereocenters. The molecule has 1 aliphatic rings. The molecule has 1 fully saturated rings. The molecule has 2 aromatic heterocycles. The van der Waals surface area contributed by atoms with Gasteiger partial charge < -0.3 is 15.5 Å². The number of aromatic nitrogens is 4. The van der Waals surface area contributed by atoms with E-state index in [4.69, 9.17) is 11.6 Å². The van der Waals surface area contributed by atoms with E-state index in [0.717, 1.165) is 30.7 Å². The van der Waals surface area contributed by atoms with Gasteiger partial charge in [0.25, 0.3) is 0 Å². The van der Waals surface area contributed by atoms with Crippen LogP contribution in [0.25, 0.3) is 21.8 Å². The number of hydrogen-bond acceptors (Lipinski definition) is 6. The van der Waals surface area contributed by atoms with Crippen LogP contribution < -0.4 is 15.5 Å². The zero-order valence-electron chi connectivity index (χ0n) is 16.7. The lowest BCUT2D eigenvalue weighted by Gasteiger charge is -2.20. The number of hydrogen-bond donors (Lipinski definition) is 2. The van der Waals surface area contributed by atoms with Gasteiger partial charge in [0.05, 0.1) is 15.9 Å². The molecule has 1 atom stereocenters. The van der Waals surface area contributed by atoms with Crippen LogP contribution in [-0.4, -0.2) is 45.9 Å². The summed E-state index contributed by atoms with van der Waals surface area (Å²) in [5.74, 6) is 0.143. The first kappa shape index (κ1) is 19.0. The highest BCUT2D eigenvalue weighted by Gasteiger charge is 2.22. The Morgan fingerprint density at radius 3 is 2.87 bits per heavy atom. The molecular formula is C21H21ClFN7. The van der Waals surface area contributed by atoms with Crippen LogP contribution in [0.15, 0.2) is 36.8 Å². The number of halogens is 2.